The summed E-state index contributed by atoms with van der Waals surface area (Å²) in [5.74, 6) is 0.256. The van der Waals surface area contributed by atoms with Gasteiger partial charge in [0.05, 0.1) is 6.07 Å². The third-order valence-corrected chi connectivity index (χ3v) is 4.79. The Morgan fingerprint density at radius 3 is 2.89 bits per heavy atom. The topological polar surface area (TPSA) is 44.1 Å². The summed E-state index contributed by atoms with van der Waals surface area (Å²) in [6, 6.07) is 11.5. The highest BCUT2D eigenvalue weighted by molar-refractivity contribution is 8.00. The summed E-state index contributed by atoms with van der Waals surface area (Å²) < 4.78 is 0. The van der Waals surface area contributed by atoms with Gasteiger partial charge in [0.15, 0.2) is 0 Å². The molecule has 1 aromatic rings. The van der Waals surface area contributed by atoms with Crippen LogP contribution in [0.25, 0.3) is 0 Å². The zero-order valence-electron chi connectivity index (χ0n) is 11.1. The maximum Gasteiger partial charge on any atom is 0.244 e. The number of hydrogen-bond donors (Lipinski definition) is 0. The van der Waals surface area contributed by atoms with Crippen molar-refractivity contribution in [2.45, 2.75) is 24.5 Å². The van der Waals surface area contributed by atoms with Gasteiger partial charge in [-0.3, -0.25) is 4.79 Å². The van der Waals surface area contributed by atoms with Crippen LogP contribution >= 0.6 is 11.8 Å². The van der Waals surface area contributed by atoms with Gasteiger partial charge in [0.25, 0.3) is 0 Å². The minimum atomic E-state index is -0.665. The van der Waals surface area contributed by atoms with Gasteiger partial charge in [-0.2, -0.15) is 17.0 Å². The molecule has 2 unspecified atom stereocenters. The van der Waals surface area contributed by atoms with E-state index in [0.717, 1.165) is 30.8 Å². The van der Waals surface area contributed by atoms with Gasteiger partial charge >= 0.3 is 0 Å². The Labute approximate surface area is 118 Å². The van der Waals surface area contributed by atoms with E-state index in [0.29, 0.717) is 5.25 Å². The molecule has 1 aliphatic heterocycles. The van der Waals surface area contributed by atoms with Gasteiger partial charge in [-0.15, -0.1) is 0 Å². The molecule has 3 nitrogen and oxygen atoms in total. The van der Waals surface area contributed by atoms with Gasteiger partial charge in [0, 0.05) is 24.1 Å². The molecule has 1 aromatic carbocycles. The molecule has 1 heterocycles. The van der Waals surface area contributed by atoms with Gasteiger partial charge in [-0.05, 0) is 12.0 Å². The average molecular weight is 274 g/mol. The molecule has 4 heteroatoms. The molecule has 0 radical (unpaired) electrons. The van der Waals surface area contributed by atoms with Gasteiger partial charge in [-0.1, -0.05) is 37.3 Å². The predicted molar refractivity (Wildman–Crippen MR) is 77.9 cm³/mol. The third kappa shape index (κ3) is 3.30. The Morgan fingerprint density at radius 2 is 2.26 bits per heavy atom. The number of carbonyl (C=O) groups excluding carboxylic acids is 1. The first-order valence-electron chi connectivity index (χ1n) is 6.61. The predicted octanol–water partition coefficient (Wildman–Crippen LogP) is 2.65. The van der Waals surface area contributed by atoms with E-state index in [1.807, 2.05) is 47.0 Å². The van der Waals surface area contributed by atoms with Crippen molar-refractivity contribution in [3.63, 3.8) is 0 Å². The third-order valence-electron chi connectivity index (χ3n) is 3.41. The lowest BCUT2D eigenvalue weighted by Crippen LogP contribution is -2.43. The number of hydrogen-bond acceptors (Lipinski definition) is 3. The van der Waals surface area contributed by atoms with E-state index in [1.165, 1.54) is 0 Å². The Morgan fingerprint density at radius 1 is 1.53 bits per heavy atom. The number of amides is 1. The minimum absolute atomic E-state index is 0.0487. The highest BCUT2D eigenvalue weighted by Gasteiger charge is 2.29. The highest BCUT2D eigenvalue weighted by atomic mass is 32.2. The highest BCUT2D eigenvalue weighted by Crippen LogP contribution is 2.25. The molecule has 2 rings (SSSR count). The van der Waals surface area contributed by atoms with Gasteiger partial charge in [0.2, 0.25) is 5.91 Å². The number of nitrogens with zero attached hydrogens (tertiary/aromatic N) is 2. The van der Waals surface area contributed by atoms with Crippen molar-refractivity contribution in [1.82, 2.24) is 4.90 Å². The molecule has 0 N–H and O–H groups in total. The molecule has 1 aliphatic rings. The molecule has 1 fully saturated rings. The molecule has 1 saturated heterocycles. The fourth-order valence-electron chi connectivity index (χ4n) is 2.27. The summed E-state index contributed by atoms with van der Waals surface area (Å²) in [4.78, 5) is 14.3. The Bertz CT molecular complexity index is 469. The van der Waals surface area contributed by atoms with Gasteiger partial charge in [-0.25, -0.2) is 0 Å². The van der Waals surface area contributed by atoms with Crippen LogP contribution in [0.3, 0.4) is 0 Å². The van der Waals surface area contributed by atoms with E-state index in [1.54, 1.807) is 0 Å². The van der Waals surface area contributed by atoms with Crippen LogP contribution in [0.2, 0.25) is 0 Å². The molecular weight excluding hydrogens is 256 g/mol. The van der Waals surface area contributed by atoms with E-state index in [9.17, 15) is 10.1 Å². The van der Waals surface area contributed by atoms with E-state index < -0.39 is 5.92 Å². The van der Waals surface area contributed by atoms with Crippen molar-refractivity contribution in [3.8, 4) is 6.07 Å². The standard InChI is InChI=1S/C15H18N2OS/c1-2-13-11-17(8-9-19-13)15(18)14(10-16)12-6-4-3-5-7-12/h3-7,13-14H,2,8-9,11H2,1H3. The van der Waals surface area contributed by atoms with E-state index in [4.69, 9.17) is 0 Å². The zero-order valence-corrected chi connectivity index (χ0v) is 11.9. The molecule has 2 atom stereocenters. The van der Waals surface area contributed by atoms with Crippen LogP contribution in [-0.4, -0.2) is 34.9 Å². The van der Waals surface area contributed by atoms with Crippen molar-refractivity contribution >= 4 is 17.7 Å². The van der Waals surface area contributed by atoms with Crippen LogP contribution < -0.4 is 0 Å². The van der Waals surface area contributed by atoms with Crippen LogP contribution in [0.4, 0.5) is 0 Å². The summed E-state index contributed by atoms with van der Waals surface area (Å²) in [6.45, 7) is 3.67. The Hall–Kier alpha value is -1.47. The molecule has 0 spiro atoms. The monoisotopic (exact) mass is 274 g/mol. The number of nitriles is 1. The average Bonchev–Trinajstić information content (AvgIpc) is 2.49. The maximum absolute atomic E-state index is 12.5. The quantitative estimate of drug-likeness (QED) is 0.851. The summed E-state index contributed by atoms with van der Waals surface area (Å²) in [5.41, 5.74) is 0.793. The Kier molecular flexibility index (Phi) is 4.86. The second-order valence-corrected chi connectivity index (χ2v) is 6.07. The SMILES string of the molecule is CCC1CN(C(=O)C(C#N)c2ccccc2)CCS1. The van der Waals surface area contributed by atoms with Crippen molar-refractivity contribution in [2.24, 2.45) is 0 Å². The largest absolute Gasteiger partial charge is 0.339 e. The first kappa shape index (κ1) is 14.0. The summed E-state index contributed by atoms with van der Waals surface area (Å²) in [6.07, 6.45) is 1.07. The van der Waals surface area contributed by atoms with Crippen molar-refractivity contribution in [2.75, 3.05) is 18.8 Å². The fraction of sp³-hybridized carbons (Fsp3) is 0.467. The van der Waals surface area contributed by atoms with E-state index in [-0.39, 0.29) is 5.91 Å². The molecule has 0 bridgehead atoms. The number of rotatable bonds is 3. The summed E-state index contributed by atoms with van der Waals surface area (Å²) in [5, 5.41) is 9.81. The lowest BCUT2D eigenvalue weighted by Gasteiger charge is -2.33. The lowest BCUT2D eigenvalue weighted by atomic mass is 9.99. The zero-order chi connectivity index (χ0) is 13.7. The molecule has 100 valence electrons. The molecule has 1 amide bonds. The van der Waals surface area contributed by atoms with Crippen molar-refractivity contribution in [3.05, 3.63) is 35.9 Å². The first-order valence-corrected chi connectivity index (χ1v) is 7.66. The van der Waals surface area contributed by atoms with Gasteiger partial charge < -0.3 is 4.90 Å². The van der Waals surface area contributed by atoms with Crippen molar-refractivity contribution < 1.29 is 4.79 Å². The molecule has 0 saturated carbocycles. The number of benzene rings is 1. The van der Waals surface area contributed by atoms with E-state index in [2.05, 4.69) is 13.0 Å². The lowest BCUT2D eigenvalue weighted by molar-refractivity contribution is -0.131. The number of carbonyl (C=O) groups is 1. The normalized spacial score (nSPS) is 20.6. The maximum atomic E-state index is 12.5. The van der Waals surface area contributed by atoms with Crippen LogP contribution in [0.15, 0.2) is 30.3 Å². The second-order valence-electron chi connectivity index (χ2n) is 4.66. The second kappa shape index (κ2) is 6.63. The van der Waals surface area contributed by atoms with Crippen LogP contribution in [0.5, 0.6) is 0 Å². The van der Waals surface area contributed by atoms with Gasteiger partial charge in [0.1, 0.15) is 5.92 Å². The van der Waals surface area contributed by atoms with Crippen LogP contribution in [-0.2, 0) is 4.79 Å². The Balaban J connectivity index is 2.11. The van der Waals surface area contributed by atoms with E-state index >= 15 is 0 Å². The van der Waals surface area contributed by atoms with Crippen LogP contribution in [0.1, 0.15) is 24.8 Å². The molecular formula is C15H18N2OS. The van der Waals surface area contributed by atoms with Crippen LogP contribution in [0, 0.1) is 11.3 Å². The van der Waals surface area contributed by atoms with Crippen molar-refractivity contribution in [1.29, 1.82) is 5.26 Å². The molecule has 0 aliphatic carbocycles. The fourth-order valence-corrected chi connectivity index (χ4v) is 3.45. The summed E-state index contributed by atoms with van der Waals surface area (Å²) >= 11 is 1.92. The minimum Gasteiger partial charge on any atom is -0.339 e. The summed E-state index contributed by atoms with van der Waals surface area (Å²) in [7, 11) is 0. The number of thioether (sulfide) groups is 1. The molecule has 0 aromatic heterocycles. The smallest absolute Gasteiger partial charge is 0.244 e. The first-order chi connectivity index (χ1) is 9.26. The molecule has 19 heavy (non-hydrogen) atoms.